The van der Waals surface area contributed by atoms with E-state index in [1.165, 1.54) is 18.6 Å². The molecule has 2 aliphatic rings. The normalized spacial score (nSPS) is 29.3. The molecule has 0 aliphatic heterocycles. The van der Waals surface area contributed by atoms with Crippen molar-refractivity contribution in [2.45, 2.75) is 57.2 Å². The number of amides is 1. The van der Waals surface area contributed by atoms with Crippen molar-refractivity contribution in [1.82, 2.24) is 5.32 Å². The topological polar surface area (TPSA) is 64.3 Å². The van der Waals surface area contributed by atoms with Gasteiger partial charge in [-0.1, -0.05) is 18.6 Å². The van der Waals surface area contributed by atoms with Crippen molar-refractivity contribution in [2.24, 2.45) is 17.6 Å². The van der Waals surface area contributed by atoms with Gasteiger partial charge in [-0.2, -0.15) is 8.78 Å². The highest BCUT2D eigenvalue weighted by Crippen LogP contribution is 2.39. The first-order valence-corrected chi connectivity index (χ1v) is 8.60. The number of benzene rings is 1. The van der Waals surface area contributed by atoms with E-state index in [0.717, 1.165) is 31.2 Å². The second kappa shape index (κ2) is 7.47. The van der Waals surface area contributed by atoms with Crippen molar-refractivity contribution in [3.63, 3.8) is 0 Å². The number of nitrogens with one attached hydrogen (secondary N) is 1. The SMILES string of the molecule is NC1CC2CCCC(C1)C2NC(=O)Cc1ccc(OC(F)F)cc1. The van der Waals surface area contributed by atoms with Gasteiger partial charge in [0.15, 0.2) is 0 Å². The minimum atomic E-state index is -2.84. The number of nitrogens with two attached hydrogens (primary N) is 1. The summed E-state index contributed by atoms with van der Waals surface area (Å²) in [6, 6.07) is 6.71. The highest BCUT2D eigenvalue weighted by Gasteiger charge is 2.39. The third-order valence-corrected chi connectivity index (χ3v) is 5.22. The molecule has 2 unspecified atom stereocenters. The second-order valence-corrected chi connectivity index (χ2v) is 6.98. The average molecular weight is 338 g/mol. The van der Waals surface area contributed by atoms with Crippen LogP contribution in [0, 0.1) is 11.8 Å². The van der Waals surface area contributed by atoms with Crippen LogP contribution in [-0.4, -0.2) is 24.6 Å². The fraction of sp³-hybridized carbons (Fsp3) is 0.611. The van der Waals surface area contributed by atoms with Crippen LogP contribution in [0.5, 0.6) is 5.75 Å². The minimum absolute atomic E-state index is 0.0186. The van der Waals surface area contributed by atoms with Crippen LogP contribution in [0.2, 0.25) is 0 Å². The zero-order valence-corrected chi connectivity index (χ0v) is 13.6. The highest BCUT2D eigenvalue weighted by molar-refractivity contribution is 5.79. The molecule has 2 atom stereocenters. The van der Waals surface area contributed by atoms with Crippen molar-refractivity contribution in [1.29, 1.82) is 0 Å². The molecular formula is C18H24F2N2O2. The van der Waals surface area contributed by atoms with Gasteiger partial charge >= 0.3 is 6.61 Å². The smallest absolute Gasteiger partial charge is 0.387 e. The lowest BCUT2D eigenvalue weighted by Gasteiger charge is -2.45. The third kappa shape index (κ3) is 4.23. The molecule has 3 rings (SSSR count). The van der Waals surface area contributed by atoms with E-state index in [1.54, 1.807) is 12.1 Å². The van der Waals surface area contributed by atoms with E-state index in [0.29, 0.717) is 11.8 Å². The Morgan fingerprint density at radius 1 is 1.21 bits per heavy atom. The van der Waals surface area contributed by atoms with Crippen LogP contribution in [0.15, 0.2) is 24.3 Å². The number of fused-ring (bicyclic) bond motifs is 2. The Balaban J connectivity index is 1.55. The van der Waals surface area contributed by atoms with Crippen LogP contribution in [0.4, 0.5) is 8.78 Å². The van der Waals surface area contributed by atoms with Gasteiger partial charge in [0, 0.05) is 12.1 Å². The molecule has 6 heteroatoms. The molecule has 0 spiro atoms. The maximum Gasteiger partial charge on any atom is 0.387 e. The zero-order chi connectivity index (χ0) is 17.1. The summed E-state index contributed by atoms with van der Waals surface area (Å²) >= 11 is 0. The molecule has 0 radical (unpaired) electrons. The molecule has 2 bridgehead atoms. The largest absolute Gasteiger partial charge is 0.435 e. The van der Waals surface area contributed by atoms with E-state index in [1.807, 2.05) is 0 Å². The van der Waals surface area contributed by atoms with Crippen molar-refractivity contribution < 1.29 is 18.3 Å². The lowest BCUT2D eigenvalue weighted by atomic mass is 9.67. The van der Waals surface area contributed by atoms with Gasteiger partial charge in [-0.3, -0.25) is 4.79 Å². The van der Waals surface area contributed by atoms with Gasteiger partial charge in [0.25, 0.3) is 0 Å². The number of ether oxygens (including phenoxy) is 1. The van der Waals surface area contributed by atoms with Crippen molar-refractivity contribution in [3.05, 3.63) is 29.8 Å². The Bertz CT molecular complexity index is 551. The second-order valence-electron chi connectivity index (χ2n) is 6.98. The molecule has 0 aromatic heterocycles. The van der Waals surface area contributed by atoms with E-state index in [9.17, 15) is 13.6 Å². The van der Waals surface area contributed by atoms with E-state index >= 15 is 0 Å². The molecule has 0 heterocycles. The summed E-state index contributed by atoms with van der Waals surface area (Å²) in [6.07, 6.45) is 5.71. The summed E-state index contributed by atoms with van der Waals surface area (Å²) < 4.78 is 28.6. The minimum Gasteiger partial charge on any atom is -0.435 e. The number of hydrogen-bond donors (Lipinski definition) is 2. The fourth-order valence-corrected chi connectivity index (χ4v) is 4.24. The summed E-state index contributed by atoms with van der Waals surface area (Å²) in [4.78, 5) is 12.4. The van der Waals surface area contributed by atoms with Gasteiger partial charge in [0.1, 0.15) is 5.75 Å². The number of carbonyl (C=O) groups excluding carboxylic acids is 1. The summed E-state index contributed by atoms with van der Waals surface area (Å²) in [7, 11) is 0. The van der Waals surface area contributed by atoms with Crippen LogP contribution in [0.3, 0.4) is 0 Å². The van der Waals surface area contributed by atoms with E-state index in [4.69, 9.17) is 5.73 Å². The predicted octanol–water partition coefficient (Wildman–Crippen LogP) is 2.85. The molecule has 3 N–H and O–H groups in total. The monoisotopic (exact) mass is 338 g/mol. The Morgan fingerprint density at radius 2 is 1.83 bits per heavy atom. The number of hydrogen-bond acceptors (Lipinski definition) is 3. The third-order valence-electron chi connectivity index (χ3n) is 5.22. The maximum atomic E-state index is 12.4. The summed E-state index contributed by atoms with van der Waals surface area (Å²) in [5.41, 5.74) is 6.90. The van der Waals surface area contributed by atoms with Gasteiger partial charge in [-0.05, 0) is 55.2 Å². The zero-order valence-electron chi connectivity index (χ0n) is 13.6. The molecule has 2 fully saturated rings. The van der Waals surface area contributed by atoms with Gasteiger partial charge < -0.3 is 15.8 Å². The molecule has 1 aromatic rings. The van der Waals surface area contributed by atoms with Gasteiger partial charge in [0.2, 0.25) is 5.91 Å². The number of rotatable bonds is 5. The molecule has 1 amide bonds. The van der Waals surface area contributed by atoms with Crippen LogP contribution in [0.1, 0.15) is 37.7 Å². The molecular weight excluding hydrogens is 314 g/mol. The first-order valence-electron chi connectivity index (χ1n) is 8.60. The summed E-state index contributed by atoms with van der Waals surface area (Å²) in [5, 5.41) is 3.19. The summed E-state index contributed by atoms with van der Waals surface area (Å²) in [6.45, 7) is -2.84. The fourth-order valence-electron chi connectivity index (χ4n) is 4.24. The molecule has 2 saturated carbocycles. The molecule has 0 saturated heterocycles. The van der Waals surface area contributed by atoms with Crippen LogP contribution < -0.4 is 15.8 Å². The molecule has 2 aliphatic carbocycles. The number of carbonyl (C=O) groups is 1. The Kier molecular flexibility index (Phi) is 5.33. The van der Waals surface area contributed by atoms with Crippen LogP contribution in [0.25, 0.3) is 0 Å². The van der Waals surface area contributed by atoms with Crippen molar-refractivity contribution in [3.8, 4) is 5.75 Å². The molecule has 4 nitrogen and oxygen atoms in total. The maximum absolute atomic E-state index is 12.4. The van der Waals surface area contributed by atoms with E-state index < -0.39 is 6.61 Å². The van der Waals surface area contributed by atoms with E-state index in [2.05, 4.69) is 10.1 Å². The lowest BCUT2D eigenvalue weighted by Crippen LogP contribution is -2.54. The van der Waals surface area contributed by atoms with E-state index in [-0.39, 0.29) is 30.2 Å². The van der Waals surface area contributed by atoms with Gasteiger partial charge in [-0.15, -0.1) is 0 Å². The Labute approximate surface area is 140 Å². The summed E-state index contributed by atoms with van der Waals surface area (Å²) in [5.74, 6) is 1.05. The lowest BCUT2D eigenvalue weighted by molar-refractivity contribution is -0.122. The predicted molar refractivity (Wildman–Crippen MR) is 86.7 cm³/mol. The first-order chi connectivity index (χ1) is 11.5. The van der Waals surface area contributed by atoms with Crippen molar-refractivity contribution >= 4 is 5.91 Å². The Hall–Kier alpha value is -1.69. The quantitative estimate of drug-likeness (QED) is 0.868. The highest BCUT2D eigenvalue weighted by atomic mass is 19.3. The average Bonchev–Trinajstić information content (AvgIpc) is 2.49. The molecule has 1 aromatic carbocycles. The van der Waals surface area contributed by atoms with Crippen molar-refractivity contribution in [2.75, 3.05) is 0 Å². The molecule has 132 valence electrons. The number of halogens is 2. The van der Waals surface area contributed by atoms with Crippen LogP contribution >= 0.6 is 0 Å². The van der Waals surface area contributed by atoms with Gasteiger partial charge in [0.05, 0.1) is 6.42 Å². The standard InChI is InChI=1S/C18H24F2N2O2/c19-18(20)24-15-6-4-11(5-7-15)8-16(23)22-17-12-2-1-3-13(17)10-14(21)9-12/h4-7,12-14,17-18H,1-3,8-10,21H2,(H,22,23). The van der Waals surface area contributed by atoms with Crippen LogP contribution in [-0.2, 0) is 11.2 Å². The Morgan fingerprint density at radius 3 is 2.42 bits per heavy atom. The number of alkyl halides is 2. The molecule has 24 heavy (non-hydrogen) atoms. The first kappa shape index (κ1) is 17.1. The van der Waals surface area contributed by atoms with Gasteiger partial charge in [-0.25, -0.2) is 0 Å².